The van der Waals surface area contributed by atoms with Crippen molar-refractivity contribution in [2.75, 3.05) is 19.6 Å². The van der Waals surface area contributed by atoms with E-state index in [4.69, 9.17) is 4.74 Å². The highest BCUT2D eigenvalue weighted by molar-refractivity contribution is 5.95. The molecule has 0 saturated carbocycles. The minimum Gasteiger partial charge on any atom is -0.481 e. The molecule has 2 aliphatic rings. The van der Waals surface area contributed by atoms with Gasteiger partial charge in [-0.25, -0.2) is 4.79 Å². The molecule has 1 aromatic rings. The monoisotopic (exact) mass is 388 g/mol. The number of nitrogens with zero attached hydrogens (tertiary/aromatic N) is 2. The van der Waals surface area contributed by atoms with Crippen molar-refractivity contribution in [2.45, 2.75) is 52.2 Å². The van der Waals surface area contributed by atoms with Gasteiger partial charge in [-0.2, -0.15) is 0 Å². The van der Waals surface area contributed by atoms with Gasteiger partial charge in [0, 0.05) is 31.7 Å². The SMILES string of the molecule is CC(C)(C)OC(=O)N1CCc2cc(C(=O)N3CCC[C@@H](C(=O)O)C3)ccc2C1. The van der Waals surface area contributed by atoms with Gasteiger partial charge in [-0.05, 0) is 63.3 Å². The Morgan fingerprint density at radius 2 is 1.86 bits per heavy atom. The third-order valence-corrected chi connectivity index (χ3v) is 5.18. The number of aliphatic carboxylic acids is 1. The summed E-state index contributed by atoms with van der Waals surface area (Å²) in [5.41, 5.74) is 2.11. The van der Waals surface area contributed by atoms with Crippen LogP contribution in [0.4, 0.5) is 4.79 Å². The third kappa shape index (κ3) is 4.64. The van der Waals surface area contributed by atoms with E-state index in [2.05, 4.69) is 0 Å². The summed E-state index contributed by atoms with van der Waals surface area (Å²) in [5.74, 6) is -1.45. The zero-order valence-corrected chi connectivity index (χ0v) is 16.7. The van der Waals surface area contributed by atoms with Gasteiger partial charge in [0.15, 0.2) is 0 Å². The van der Waals surface area contributed by atoms with Crippen molar-refractivity contribution in [3.63, 3.8) is 0 Å². The zero-order chi connectivity index (χ0) is 20.5. The van der Waals surface area contributed by atoms with Gasteiger partial charge in [0.1, 0.15) is 5.60 Å². The number of benzene rings is 1. The Balaban J connectivity index is 1.69. The Morgan fingerprint density at radius 1 is 1.11 bits per heavy atom. The van der Waals surface area contributed by atoms with Gasteiger partial charge in [0.25, 0.3) is 5.91 Å². The molecule has 152 valence electrons. The van der Waals surface area contributed by atoms with Crippen LogP contribution < -0.4 is 0 Å². The van der Waals surface area contributed by atoms with Crippen LogP contribution in [0.25, 0.3) is 0 Å². The summed E-state index contributed by atoms with van der Waals surface area (Å²) in [7, 11) is 0. The number of carbonyl (C=O) groups is 3. The van der Waals surface area contributed by atoms with Crippen molar-refractivity contribution in [3.8, 4) is 0 Å². The number of carboxylic acid groups (broad SMARTS) is 1. The van der Waals surface area contributed by atoms with Crippen molar-refractivity contribution < 1.29 is 24.2 Å². The van der Waals surface area contributed by atoms with Gasteiger partial charge in [-0.1, -0.05) is 6.07 Å². The fourth-order valence-electron chi connectivity index (χ4n) is 3.71. The largest absolute Gasteiger partial charge is 0.481 e. The predicted molar refractivity (Wildman–Crippen MR) is 103 cm³/mol. The second kappa shape index (κ2) is 7.81. The number of rotatable bonds is 2. The number of amides is 2. The average molecular weight is 388 g/mol. The minimum atomic E-state index is -0.842. The highest BCUT2D eigenvalue weighted by Gasteiger charge is 2.30. The molecule has 1 fully saturated rings. The highest BCUT2D eigenvalue weighted by atomic mass is 16.6. The second-order valence-corrected chi connectivity index (χ2v) is 8.56. The van der Waals surface area contributed by atoms with Gasteiger partial charge >= 0.3 is 12.1 Å². The molecule has 2 heterocycles. The molecule has 3 rings (SSSR count). The molecular formula is C21H28N2O5. The van der Waals surface area contributed by atoms with Crippen LogP contribution in [0.5, 0.6) is 0 Å². The van der Waals surface area contributed by atoms with E-state index in [0.717, 1.165) is 11.1 Å². The Bertz CT molecular complexity index is 783. The first-order valence-corrected chi connectivity index (χ1v) is 9.76. The van der Waals surface area contributed by atoms with E-state index in [1.807, 2.05) is 32.9 Å². The lowest BCUT2D eigenvalue weighted by Gasteiger charge is -2.32. The second-order valence-electron chi connectivity index (χ2n) is 8.56. The zero-order valence-electron chi connectivity index (χ0n) is 16.7. The number of carboxylic acids is 1. The number of ether oxygens (including phenoxy) is 1. The summed E-state index contributed by atoms with van der Waals surface area (Å²) in [6, 6.07) is 5.54. The number of hydrogen-bond donors (Lipinski definition) is 1. The van der Waals surface area contributed by atoms with Crippen LogP contribution in [0.2, 0.25) is 0 Å². The maximum atomic E-state index is 12.8. The first-order valence-electron chi connectivity index (χ1n) is 9.76. The van der Waals surface area contributed by atoms with E-state index in [1.165, 1.54) is 0 Å². The molecule has 0 spiro atoms. The molecule has 2 aliphatic heterocycles. The summed E-state index contributed by atoms with van der Waals surface area (Å²) in [4.78, 5) is 39.7. The summed E-state index contributed by atoms with van der Waals surface area (Å²) >= 11 is 0. The maximum absolute atomic E-state index is 12.8. The number of piperidine rings is 1. The van der Waals surface area contributed by atoms with Gasteiger partial charge in [0.05, 0.1) is 5.92 Å². The summed E-state index contributed by atoms with van der Waals surface area (Å²) in [6.45, 7) is 7.39. The van der Waals surface area contributed by atoms with Gasteiger partial charge in [-0.15, -0.1) is 0 Å². The molecule has 0 bridgehead atoms. The Kier molecular flexibility index (Phi) is 5.63. The van der Waals surface area contributed by atoms with Crippen LogP contribution in [0, 0.1) is 5.92 Å². The molecule has 0 aromatic heterocycles. The van der Waals surface area contributed by atoms with E-state index in [0.29, 0.717) is 44.5 Å². The predicted octanol–water partition coefficient (Wildman–Crippen LogP) is 2.92. The molecular weight excluding hydrogens is 360 g/mol. The molecule has 2 amide bonds. The first-order chi connectivity index (χ1) is 13.1. The van der Waals surface area contributed by atoms with Crippen LogP contribution >= 0.6 is 0 Å². The Hall–Kier alpha value is -2.57. The number of fused-ring (bicyclic) bond motifs is 1. The third-order valence-electron chi connectivity index (χ3n) is 5.18. The van der Waals surface area contributed by atoms with Crippen LogP contribution in [0.1, 0.15) is 55.1 Å². The van der Waals surface area contributed by atoms with E-state index in [-0.39, 0.29) is 18.5 Å². The maximum Gasteiger partial charge on any atom is 0.410 e. The topological polar surface area (TPSA) is 87.2 Å². The molecule has 28 heavy (non-hydrogen) atoms. The normalized spacial score (nSPS) is 19.8. The number of likely N-dealkylation sites (tertiary alicyclic amines) is 1. The van der Waals surface area contributed by atoms with Gasteiger partial charge in [0.2, 0.25) is 0 Å². The molecule has 1 saturated heterocycles. The van der Waals surface area contributed by atoms with Crippen molar-refractivity contribution in [3.05, 3.63) is 34.9 Å². The first kappa shape index (κ1) is 20.2. The van der Waals surface area contributed by atoms with Crippen LogP contribution in [-0.2, 0) is 22.5 Å². The fourth-order valence-corrected chi connectivity index (χ4v) is 3.71. The minimum absolute atomic E-state index is 0.122. The molecule has 1 N–H and O–H groups in total. The lowest BCUT2D eigenvalue weighted by Crippen LogP contribution is -2.42. The summed E-state index contributed by atoms with van der Waals surface area (Å²) in [5, 5.41) is 9.23. The Morgan fingerprint density at radius 3 is 2.54 bits per heavy atom. The molecule has 0 aliphatic carbocycles. The van der Waals surface area contributed by atoms with Crippen molar-refractivity contribution in [1.82, 2.24) is 9.80 Å². The van der Waals surface area contributed by atoms with E-state index >= 15 is 0 Å². The molecule has 7 nitrogen and oxygen atoms in total. The van der Waals surface area contributed by atoms with Crippen LogP contribution in [0.15, 0.2) is 18.2 Å². The van der Waals surface area contributed by atoms with Crippen molar-refractivity contribution in [2.24, 2.45) is 5.92 Å². The van der Waals surface area contributed by atoms with Gasteiger partial charge < -0.3 is 19.6 Å². The van der Waals surface area contributed by atoms with E-state index in [1.54, 1.807) is 15.9 Å². The number of carbonyl (C=O) groups excluding carboxylic acids is 2. The van der Waals surface area contributed by atoms with Gasteiger partial charge in [-0.3, -0.25) is 9.59 Å². The smallest absolute Gasteiger partial charge is 0.410 e. The number of hydrogen-bond acceptors (Lipinski definition) is 4. The van der Waals surface area contributed by atoms with E-state index < -0.39 is 17.5 Å². The average Bonchev–Trinajstić information content (AvgIpc) is 2.65. The molecule has 7 heteroatoms. The standard InChI is InChI=1S/C21H28N2O5/c1-21(2,3)28-20(27)23-10-8-14-11-15(6-7-16(14)12-23)18(24)22-9-4-5-17(13-22)19(25)26/h6-7,11,17H,4-5,8-10,12-13H2,1-3H3,(H,25,26)/t17-/m1/s1. The Labute approximate surface area is 165 Å². The fraction of sp³-hybridized carbons (Fsp3) is 0.571. The van der Waals surface area contributed by atoms with E-state index in [9.17, 15) is 19.5 Å². The quantitative estimate of drug-likeness (QED) is 0.842. The molecule has 0 radical (unpaired) electrons. The van der Waals surface area contributed by atoms with Crippen LogP contribution in [-0.4, -0.2) is 58.1 Å². The lowest BCUT2D eigenvalue weighted by atomic mass is 9.95. The van der Waals surface area contributed by atoms with Crippen LogP contribution in [0.3, 0.4) is 0 Å². The van der Waals surface area contributed by atoms with Crippen molar-refractivity contribution in [1.29, 1.82) is 0 Å². The molecule has 0 unspecified atom stereocenters. The highest BCUT2D eigenvalue weighted by Crippen LogP contribution is 2.24. The summed E-state index contributed by atoms with van der Waals surface area (Å²) in [6.07, 6.45) is 1.65. The lowest BCUT2D eigenvalue weighted by molar-refractivity contribution is -0.143. The van der Waals surface area contributed by atoms with Crippen molar-refractivity contribution >= 4 is 18.0 Å². The molecule has 1 aromatic carbocycles. The summed E-state index contributed by atoms with van der Waals surface area (Å²) < 4.78 is 5.44. The molecule has 1 atom stereocenters.